The molecule has 0 saturated carbocycles. The maximum absolute atomic E-state index is 11.5. The molecule has 0 atom stereocenters. The Bertz CT molecular complexity index is 234. The standard InChI is InChI=1S/C10H17NO4/c1-8(13)15-7-10(14)11-4-2-9(6-12)3-5-11/h9,12H,2-7H2,1H3. The van der Waals surface area contributed by atoms with Gasteiger partial charge in [0.1, 0.15) is 0 Å². The molecule has 0 aliphatic carbocycles. The Morgan fingerprint density at radius 1 is 1.40 bits per heavy atom. The monoisotopic (exact) mass is 215 g/mol. The Hall–Kier alpha value is -1.10. The molecule has 0 aromatic heterocycles. The maximum atomic E-state index is 11.5. The first kappa shape index (κ1) is 12.0. The fraction of sp³-hybridized carbons (Fsp3) is 0.800. The number of aliphatic hydroxyl groups is 1. The van der Waals surface area contributed by atoms with Crippen LogP contribution in [-0.2, 0) is 14.3 Å². The Kier molecular flexibility index (Phi) is 4.55. The molecule has 86 valence electrons. The van der Waals surface area contributed by atoms with Crippen molar-refractivity contribution in [1.29, 1.82) is 0 Å². The van der Waals surface area contributed by atoms with Crippen LogP contribution in [0.1, 0.15) is 19.8 Å². The summed E-state index contributed by atoms with van der Waals surface area (Å²) in [4.78, 5) is 23.7. The summed E-state index contributed by atoms with van der Waals surface area (Å²) in [6.07, 6.45) is 1.64. The zero-order valence-electron chi connectivity index (χ0n) is 8.94. The number of nitrogens with zero attached hydrogens (tertiary/aromatic N) is 1. The molecule has 0 radical (unpaired) electrons. The third kappa shape index (κ3) is 3.87. The van der Waals surface area contributed by atoms with E-state index >= 15 is 0 Å². The number of amides is 1. The van der Waals surface area contributed by atoms with Crippen molar-refractivity contribution in [3.05, 3.63) is 0 Å². The number of rotatable bonds is 3. The van der Waals surface area contributed by atoms with Crippen LogP contribution in [0.25, 0.3) is 0 Å². The van der Waals surface area contributed by atoms with E-state index in [1.807, 2.05) is 0 Å². The van der Waals surface area contributed by atoms with E-state index in [0.717, 1.165) is 12.8 Å². The lowest BCUT2D eigenvalue weighted by Gasteiger charge is -2.30. The van der Waals surface area contributed by atoms with Crippen molar-refractivity contribution in [2.24, 2.45) is 5.92 Å². The summed E-state index contributed by atoms with van der Waals surface area (Å²) in [7, 11) is 0. The number of ether oxygens (including phenoxy) is 1. The molecule has 5 nitrogen and oxygen atoms in total. The van der Waals surface area contributed by atoms with E-state index in [0.29, 0.717) is 19.0 Å². The lowest BCUT2D eigenvalue weighted by molar-refractivity contribution is -0.150. The summed E-state index contributed by atoms with van der Waals surface area (Å²) in [5.41, 5.74) is 0. The highest BCUT2D eigenvalue weighted by atomic mass is 16.5. The van der Waals surface area contributed by atoms with Gasteiger partial charge < -0.3 is 14.7 Å². The van der Waals surface area contributed by atoms with Crippen molar-refractivity contribution in [2.75, 3.05) is 26.3 Å². The molecular weight excluding hydrogens is 198 g/mol. The third-order valence-electron chi connectivity index (χ3n) is 2.62. The number of piperidine rings is 1. The molecule has 1 aliphatic heterocycles. The van der Waals surface area contributed by atoms with Gasteiger partial charge in [0, 0.05) is 26.6 Å². The van der Waals surface area contributed by atoms with Gasteiger partial charge in [-0.15, -0.1) is 0 Å². The van der Waals surface area contributed by atoms with Gasteiger partial charge in [0.2, 0.25) is 0 Å². The van der Waals surface area contributed by atoms with Crippen molar-refractivity contribution in [2.45, 2.75) is 19.8 Å². The Balaban J connectivity index is 2.27. The highest BCUT2D eigenvalue weighted by molar-refractivity contribution is 5.80. The smallest absolute Gasteiger partial charge is 0.303 e. The van der Waals surface area contributed by atoms with Crippen molar-refractivity contribution >= 4 is 11.9 Å². The van der Waals surface area contributed by atoms with Gasteiger partial charge in [0.05, 0.1) is 0 Å². The second kappa shape index (κ2) is 5.70. The zero-order valence-corrected chi connectivity index (χ0v) is 8.94. The first-order chi connectivity index (χ1) is 7.13. The van der Waals surface area contributed by atoms with Crippen molar-refractivity contribution in [3.63, 3.8) is 0 Å². The van der Waals surface area contributed by atoms with Crippen LogP contribution < -0.4 is 0 Å². The molecule has 0 bridgehead atoms. The first-order valence-corrected chi connectivity index (χ1v) is 5.15. The highest BCUT2D eigenvalue weighted by Gasteiger charge is 2.22. The van der Waals surface area contributed by atoms with Crippen molar-refractivity contribution in [1.82, 2.24) is 4.90 Å². The van der Waals surface area contributed by atoms with Gasteiger partial charge in [-0.2, -0.15) is 0 Å². The lowest BCUT2D eigenvalue weighted by Crippen LogP contribution is -2.41. The molecule has 1 N–H and O–H groups in total. The molecule has 0 aromatic carbocycles. The Morgan fingerprint density at radius 3 is 2.47 bits per heavy atom. The minimum Gasteiger partial charge on any atom is -0.456 e. The summed E-state index contributed by atoms with van der Waals surface area (Å²) in [6.45, 7) is 2.59. The number of hydrogen-bond donors (Lipinski definition) is 1. The molecule has 1 amide bonds. The average molecular weight is 215 g/mol. The molecular formula is C10H17NO4. The quantitative estimate of drug-likeness (QED) is 0.661. The molecule has 0 unspecified atom stereocenters. The van der Waals surface area contributed by atoms with Gasteiger partial charge in [0.15, 0.2) is 6.61 Å². The molecule has 0 aromatic rings. The lowest BCUT2D eigenvalue weighted by atomic mass is 9.98. The summed E-state index contributed by atoms with van der Waals surface area (Å²) < 4.78 is 4.63. The van der Waals surface area contributed by atoms with Crippen LogP contribution in [0.5, 0.6) is 0 Å². The van der Waals surface area contributed by atoms with Crippen LogP contribution in [0, 0.1) is 5.92 Å². The van der Waals surface area contributed by atoms with Gasteiger partial charge in [-0.1, -0.05) is 0 Å². The van der Waals surface area contributed by atoms with E-state index in [4.69, 9.17) is 5.11 Å². The predicted molar refractivity (Wildman–Crippen MR) is 53.0 cm³/mol. The van der Waals surface area contributed by atoms with Crippen molar-refractivity contribution < 1.29 is 19.4 Å². The number of carbonyl (C=O) groups excluding carboxylic acids is 2. The predicted octanol–water partition coefficient (Wildman–Crippen LogP) is -0.220. The van der Waals surface area contributed by atoms with Crippen LogP contribution >= 0.6 is 0 Å². The molecule has 0 spiro atoms. The largest absolute Gasteiger partial charge is 0.456 e. The van der Waals surface area contributed by atoms with Crippen LogP contribution in [0.3, 0.4) is 0 Å². The van der Waals surface area contributed by atoms with Crippen LogP contribution in [0.2, 0.25) is 0 Å². The Morgan fingerprint density at radius 2 is 2.00 bits per heavy atom. The Labute approximate surface area is 89.0 Å². The normalized spacial score (nSPS) is 17.6. The molecule has 5 heteroatoms. The van der Waals surface area contributed by atoms with Gasteiger partial charge in [-0.3, -0.25) is 9.59 Å². The van der Waals surface area contributed by atoms with E-state index in [1.54, 1.807) is 4.90 Å². The number of carbonyl (C=O) groups is 2. The van der Waals surface area contributed by atoms with Gasteiger partial charge in [-0.25, -0.2) is 0 Å². The average Bonchev–Trinajstić information content (AvgIpc) is 2.26. The van der Waals surface area contributed by atoms with Crippen LogP contribution in [0.4, 0.5) is 0 Å². The summed E-state index contributed by atoms with van der Waals surface area (Å²) in [6, 6.07) is 0. The topological polar surface area (TPSA) is 66.8 Å². The molecule has 1 aliphatic rings. The summed E-state index contributed by atoms with van der Waals surface area (Å²) in [5, 5.41) is 8.92. The van der Waals surface area contributed by atoms with Gasteiger partial charge >= 0.3 is 5.97 Å². The zero-order chi connectivity index (χ0) is 11.3. The number of likely N-dealkylation sites (tertiary alicyclic amines) is 1. The third-order valence-corrected chi connectivity index (χ3v) is 2.62. The number of esters is 1. The van der Waals surface area contributed by atoms with Crippen LogP contribution in [0.15, 0.2) is 0 Å². The summed E-state index contributed by atoms with van der Waals surface area (Å²) >= 11 is 0. The highest BCUT2D eigenvalue weighted by Crippen LogP contribution is 2.16. The van der Waals surface area contributed by atoms with E-state index in [1.165, 1.54) is 6.92 Å². The molecule has 1 saturated heterocycles. The van der Waals surface area contributed by atoms with E-state index in [-0.39, 0.29) is 19.1 Å². The fourth-order valence-electron chi connectivity index (χ4n) is 1.62. The maximum Gasteiger partial charge on any atom is 0.303 e. The van der Waals surface area contributed by atoms with Crippen LogP contribution in [-0.4, -0.2) is 48.2 Å². The molecule has 1 fully saturated rings. The van der Waals surface area contributed by atoms with Gasteiger partial charge in [0.25, 0.3) is 5.91 Å². The minimum absolute atomic E-state index is 0.151. The number of hydrogen-bond acceptors (Lipinski definition) is 4. The fourth-order valence-corrected chi connectivity index (χ4v) is 1.62. The molecule has 15 heavy (non-hydrogen) atoms. The molecule has 1 rings (SSSR count). The second-order valence-electron chi connectivity index (χ2n) is 3.79. The van der Waals surface area contributed by atoms with E-state index in [9.17, 15) is 9.59 Å². The second-order valence-corrected chi connectivity index (χ2v) is 3.79. The van der Waals surface area contributed by atoms with Crippen molar-refractivity contribution in [3.8, 4) is 0 Å². The number of aliphatic hydroxyl groups excluding tert-OH is 1. The SMILES string of the molecule is CC(=O)OCC(=O)N1CCC(CO)CC1. The first-order valence-electron chi connectivity index (χ1n) is 5.15. The van der Waals surface area contributed by atoms with E-state index < -0.39 is 5.97 Å². The summed E-state index contributed by atoms with van der Waals surface area (Å²) in [5.74, 6) is -0.280. The van der Waals surface area contributed by atoms with Gasteiger partial charge in [-0.05, 0) is 18.8 Å². The molecule has 1 heterocycles. The minimum atomic E-state index is -0.436. The van der Waals surface area contributed by atoms with E-state index in [2.05, 4.69) is 4.74 Å².